The van der Waals surface area contributed by atoms with Crippen molar-refractivity contribution in [2.45, 2.75) is 0 Å². The highest BCUT2D eigenvalue weighted by molar-refractivity contribution is 9.10. The number of rotatable bonds is 2. The van der Waals surface area contributed by atoms with Crippen LogP contribution in [0.2, 0.25) is 0 Å². The smallest absolute Gasteiger partial charge is 0.276 e. The number of hydrogen-bond acceptors (Lipinski definition) is 3. The van der Waals surface area contributed by atoms with Crippen molar-refractivity contribution in [3.8, 4) is 0 Å². The van der Waals surface area contributed by atoms with Crippen LogP contribution in [0.25, 0.3) is 0 Å². The second-order valence-electron chi connectivity index (χ2n) is 3.93. The molecule has 2 aromatic rings. The van der Waals surface area contributed by atoms with E-state index >= 15 is 0 Å². The Balaban J connectivity index is 2.30. The van der Waals surface area contributed by atoms with Gasteiger partial charge in [-0.2, -0.15) is 0 Å². The molecule has 2 rings (SSSR count). The number of nitrogen functional groups attached to an aromatic ring is 1. The molecule has 0 atom stereocenters. The number of anilines is 2. The lowest BCUT2D eigenvalue weighted by atomic mass is 10.2. The molecular weight excluding hydrogens is 313 g/mol. The Labute approximate surface area is 118 Å². The van der Waals surface area contributed by atoms with E-state index in [1.54, 1.807) is 25.2 Å². The van der Waals surface area contributed by atoms with Gasteiger partial charge in [0.25, 0.3) is 5.91 Å². The number of halogens is 2. The molecule has 0 saturated carbocycles. The van der Waals surface area contributed by atoms with Crippen molar-refractivity contribution in [3.63, 3.8) is 0 Å². The van der Waals surface area contributed by atoms with Crippen LogP contribution in [0, 0.1) is 5.82 Å². The minimum Gasteiger partial charge on any atom is -0.397 e. The Morgan fingerprint density at radius 3 is 2.68 bits per heavy atom. The van der Waals surface area contributed by atoms with Gasteiger partial charge in [0.2, 0.25) is 0 Å². The van der Waals surface area contributed by atoms with Crippen LogP contribution >= 0.6 is 15.9 Å². The van der Waals surface area contributed by atoms with Crippen LogP contribution in [0.1, 0.15) is 10.5 Å². The number of hydrogen-bond donors (Lipinski definition) is 1. The zero-order valence-electron chi connectivity index (χ0n) is 10.1. The van der Waals surface area contributed by atoms with Gasteiger partial charge in [0.05, 0.1) is 17.6 Å². The monoisotopic (exact) mass is 323 g/mol. The Morgan fingerprint density at radius 1 is 1.37 bits per heavy atom. The second-order valence-corrected chi connectivity index (χ2v) is 4.84. The summed E-state index contributed by atoms with van der Waals surface area (Å²) in [5.41, 5.74) is 7.05. The fraction of sp³-hybridized carbons (Fsp3) is 0.0769. The summed E-state index contributed by atoms with van der Waals surface area (Å²) >= 11 is 3.30. The third-order valence-corrected chi connectivity index (χ3v) is 3.10. The van der Waals surface area contributed by atoms with Gasteiger partial charge in [0.1, 0.15) is 11.5 Å². The van der Waals surface area contributed by atoms with Crippen LogP contribution in [0.5, 0.6) is 0 Å². The highest BCUT2D eigenvalue weighted by Gasteiger charge is 2.16. The first-order valence-electron chi connectivity index (χ1n) is 5.43. The van der Waals surface area contributed by atoms with Gasteiger partial charge in [0, 0.05) is 11.5 Å². The molecule has 0 aliphatic heterocycles. The van der Waals surface area contributed by atoms with Gasteiger partial charge in [0.15, 0.2) is 0 Å². The normalized spacial score (nSPS) is 10.3. The summed E-state index contributed by atoms with van der Waals surface area (Å²) in [5.74, 6) is -0.837. The molecule has 0 fully saturated rings. The molecular formula is C13H11BrFN3O. The van der Waals surface area contributed by atoms with E-state index in [9.17, 15) is 9.18 Å². The largest absolute Gasteiger partial charge is 0.397 e. The molecule has 2 N–H and O–H groups in total. The van der Waals surface area contributed by atoms with Crippen molar-refractivity contribution in [1.82, 2.24) is 4.98 Å². The molecule has 1 aromatic heterocycles. The third kappa shape index (κ3) is 2.90. The maximum Gasteiger partial charge on any atom is 0.276 e. The number of nitrogens with two attached hydrogens (primary N) is 1. The van der Waals surface area contributed by atoms with Crippen LogP contribution in [0.15, 0.2) is 41.0 Å². The molecule has 1 heterocycles. The van der Waals surface area contributed by atoms with E-state index in [1.807, 2.05) is 0 Å². The number of carbonyl (C=O) groups excluding carboxylic acids is 1. The molecule has 0 spiro atoms. The SMILES string of the molecule is CN(C(=O)c1ccc(F)cn1)c1ccc(Br)cc1N. The van der Waals surface area contributed by atoms with Gasteiger partial charge < -0.3 is 10.6 Å². The number of amides is 1. The summed E-state index contributed by atoms with van der Waals surface area (Å²) < 4.78 is 13.6. The number of nitrogens with zero attached hydrogens (tertiary/aromatic N) is 2. The fourth-order valence-corrected chi connectivity index (χ4v) is 1.99. The molecule has 0 bridgehead atoms. The predicted octanol–water partition coefficient (Wildman–Crippen LogP) is 2.84. The number of benzene rings is 1. The topological polar surface area (TPSA) is 59.2 Å². The Hall–Kier alpha value is -1.95. The van der Waals surface area contributed by atoms with E-state index in [-0.39, 0.29) is 11.6 Å². The second kappa shape index (κ2) is 5.36. The highest BCUT2D eigenvalue weighted by Crippen LogP contribution is 2.26. The lowest BCUT2D eigenvalue weighted by Gasteiger charge is -2.18. The number of aromatic nitrogens is 1. The van der Waals surface area contributed by atoms with Crippen LogP contribution < -0.4 is 10.6 Å². The van der Waals surface area contributed by atoms with Gasteiger partial charge in [-0.1, -0.05) is 15.9 Å². The molecule has 1 aromatic carbocycles. The van der Waals surface area contributed by atoms with E-state index in [2.05, 4.69) is 20.9 Å². The molecule has 19 heavy (non-hydrogen) atoms. The molecule has 0 aliphatic carbocycles. The highest BCUT2D eigenvalue weighted by atomic mass is 79.9. The van der Waals surface area contributed by atoms with Crippen molar-refractivity contribution in [2.24, 2.45) is 0 Å². The summed E-state index contributed by atoms with van der Waals surface area (Å²) in [6, 6.07) is 7.74. The van der Waals surface area contributed by atoms with Crippen LogP contribution in [0.3, 0.4) is 0 Å². The fourth-order valence-electron chi connectivity index (χ4n) is 1.61. The van der Waals surface area contributed by atoms with Crippen LogP contribution in [-0.4, -0.2) is 17.9 Å². The van der Waals surface area contributed by atoms with Crippen molar-refractivity contribution in [3.05, 3.63) is 52.5 Å². The maximum absolute atomic E-state index is 12.8. The predicted molar refractivity (Wildman–Crippen MR) is 75.5 cm³/mol. The standard InChI is InChI=1S/C13H11BrFN3O/c1-18(12-5-2-8(14)6-10(12)16)13(19)11-4-3-9(15)7-17-11/h2-7H,16H2,1H3. The quantitative estimate of drug-likeness (QED) is 0.864. The van der Waals surface area contributed by atoms with Crippen molar-refractivity contribution < 1.29 is 9.18 Å². The van der Waals surface area contributed by atoms with Gasteiger partial charge in [-0.05, 0) is 30.3 Å². The van der Waals surface area contributed by atoms with E-state index in [0.29, 0.717) is 11.4 Å². The van der Waals surface area contributed by atoms with E-state index in [4.69, 9.17) is 5.73 Å². The van der Waals surface area contributed by atoms with Crippen molar-refractivity contribution in [2.75, 3.05) is 17.7 Å². The minimum absolute atomic E-state index is 0.159. The molecule has 0 aliphatic rings. The van der Waals surface area contributed by atoms with Gasteiger partial charge in [-0.25, -0.2) is 9.37 Å². The first-order chi connectivity index (χ1) is 8.99. The molecule has 0 saturated heterocycles. The average molecular weight is 324 g/mol. The van der Waals surface area contributed by atoms with Gasteiger partial charge >= 0.3 is 0 Å². The Bertz CT molecular complexity index is 616. The molecule has 1 amide bonds. The molecule has 98 valence electrons. The van der Waals surface area contributed by atoms with E-state index < -0.39 is 5.82 Å². The van der Waals surface area contributed by atoms with Crippen LogP contribution in [0.4, 0.5) is 15.8 Å². The maximum atomic E-state index is 12.8. The Morgan fingerprint density at radius 2 is 2.11 bits per heavy atom. The first kappa shape index (κ1) is 13.5. The van der Waals surface area contributed by atoms with Gasteiger partial charge in [-0.3, -0.25) is 4.79 Å². The average Bonchev–Trinajstić information content (AvgIpc) is 2.38. The lowest BCUT2D eigenvalue weighted by molar-refractivity contribution is 0.0988. The Kier molecular flexibility index (Phi) is 3.80. The summed E-state index contributed by atoms with van der Waals surface area (Å²) in [5, 5.41) is 0. The van der Waals surface area contributed by atoms with E-state index in [0.717, 1.165) is 10.7 Å². The summed E-state index contributed by atoms with van der Waals surface area (Å²) in [6.07, 6.45) is 1.01. The summed E-state index contributed by atoms with van der Waals surface area (Å²) in [4.78, 5) is 17.3. The molecule has 0 unspecified atom stereocenters. The van der Waals surface area contributed by atoms with Crippen molar-refractivity contribution in [1.29, 1.82) is 0 Å². The number of carbonyl (C=O) groups is 1. The minimum atomic E-state index is -0.484. The third-order valence-electron chi connectivity index (χ3n) is 2.60. The summed E-state index contributed by atoms with van der Waals surface area (Å²) in [6.45, 7) is 0. The summed E-state index contributed by atoms with van der Waals surface area (Å²) in [7, 11) is 1.59. The molecule has 0 radical (unpaired) electrons. The van der Waals surface area contributed by atoms with E-state index in [1.165, 1.54) is 17.0 Å². The van der Waals surface area contributed by atoms with Gasteiger partial charge in [-0.15, -0.1) is 0 Å². The number of pyridine rings is 1. The van der Waals surface area contributed by atoms with Crippen LogP contribution in [-0.2, 0) is 0 Å². The zero-order valence-corrected chi connectivity index (χ0v) is 11.7. The first-order valence-corrected chi connectivity index (χ1v) is 6.23. The zero-order chi connectivity index (χ0) is 14.0. The molecule has 6 heteroatoms. The lowest BCUT2D eigenvalue weighted by Crippen LogP contribution is -2.27. The van der Waals surface area contributed by atoms with Crippen molar-refractivity contribution >= 4 is 33.2 Å². The molecule has 4 nitrogen and oxygen atoms in total.